The lowest BCUT2D eigenvalue weighted by Gasteiger charge is -2.39. The summed E-state index contributed by atoms with van der Waals surface area (Å²) >= 11 is 1.39. The number of benzene rings is 1. The Kier molecular flexibility index (Phi) is 8.47. The van der Waals surface area contributed by atoms with Crippen LogP contribution >= 0.6 is 11.3 Å². The van der Waals surface area contributed by atoms with Crippen LogP contribution in [0.4, 0.5) is 10.3 Å². The van der Waals surface area contributed by atoms with E-state index in [1.54, 1.807) is 42.5 Å². The fourth-order valence-corrected chi connectivity index (χ4v) is 4.75. The van der Waals surface area contributed by atoms with Gasteiger partial charge in [-0.3, -0.25) is 14.6 Å². The molecular weight excluding hydrogens is 507 g/mol. The van der Waals surface area contributed by atoms with Gasteiger partial charge in [0.25, 0.3) is 11.8 Å². The number of methoxy groups -OCH3 is 1. The number of nitrogens with one attached hydrogen (secondary N) is 2. The van der Waals surface area contributed by atoms with Gasteiger partial charge in [0.15, 0.2) is 5.69 Å². The van der Waals surface area contributed by atoms with Crippen LogP contribution in [0.1, 0.15) is 53.2 Å². The van der Waals surface area contributed by atoms with Crippen LogP contribution in [0.15, 0.2) is 54.2 Å². The molecule has 0 radical (unpaired) electrons. The summed E-state index contributed by atoms with van der Waals surface area (Å²) in [6, 6.07) is 9.63. The molecule has 5 rings (SSSR count). The van der Waals surface area contributed by atoms with E-state index in [0.29, 0.717) is 45.9 Å². The maximum Gasteiger partial charge on any atom is 0.274 e. The van der Waals surface area contributed by atoms with E-state index in [0.717, 1.165) is 6.20 Å². The Bertz CT molecular complexity index is 1440. The molecule has 11 heteroatoms. The van der Waals surface area contributed by atoms with Crippen LogP contribution in [-0.4, -0.2) is 57.9 Å². The van der Waals surface area contributed by atoms with Crippen molar-refractivity contribution < 1.29 is 18.7 Å². The largest absolute Gasteiger partial charge is 0.497 e. The molecule has 1 aliphatic rings. The zero-order chi connectivity index (χ0) is 27.2. The number of pyridine rings is 1. The molecule has 4 heterocycles. The average Bonchev–Trinajstić information content (AvgIpc) is 3.39. The van der Waals surface area contributed by atoms with Crippen molar-refractivity contribution in [2.45, 2.75) is 32.9 Å². The number of thiophene rings is 1. The molecule has 0 aliphatic carbocycles. The van der Waals surface area contributed by atoms with Crippen LogP contribution in [0.5, 0.6) is 5.75 Å². The number of rotatable bonds is 7. The van der Waals surface area contributed by atoms with E-state index in [4.69, 9.17) is 4.74 Å². The first-order chi connectivity index (χ1) is 18.4. The van der Waals surface area contributed by atoms with Gasteiger partial charge in [-0.15, -0.1) is 11.3 Å². The van der Waals surface area contributed by atoms with Gasteiger partial charge in [0, 0.05) is 24.8 Å². The lowest BCUT2D eigenvalue weighted by molar-refractivity contribution is 0.0539. The molecule has 38 heavy (non-hydrogen) atoms. The second-order valence-electron chi connectivity index (χ2n) is 8.45. The summed E-state index contributed by atoms with van der Waals surface area (Å²) in [6.45, 7) is 6.59. The number of likely N-dealkylation sites (tertiary alicyclic amines) is 1. The SMILES string of the molecule is CC.COc1cccc(C(=O)NC2CN(C(=O)c3nc(NC(C)c4cncc(F)c4)nc4ccsc34)C2)c1. The molecule has 3 aromatic heterocycles. The molecule has 198 valence electrons. The topological polar surface area (TPSA) is 109 Å². The Labute approximate surface area is 224 Å². The summed E-state index contributed by atoms with van der Waals surface area (Å²) in [7, 11) is 1.55. The fraction of sp³-hybridized carbons (Fsp3) is 0.296. The number of ether oxygens (including phenoxy) is 1. The van der Waals surface area contributed by atoms with Gasteiger partial charge in [0.05, 0.1) is 35.6 Å². The van der Waals surface area contributed by atoms with Crippen LogP contribution in [0, 0.1) is 5.82 Å². The summed E-state index contributed by atoms with van der Waals surface area (Å²) < 4.78 is 19.4. The summed E-state index contributed by atoms with van der Waals surface area (Å²) in [4.78, 5) is 40.4. The van der Waals surface area contributed by atoms with E-state index in [1.165, 1.54) is 17.4 Å². The monoisotopic (exact) mass is 536 g/mol. The van der Waals surface area contributed by atoms with Crippen LogP contribution in [0.3, 0.4) is 0 Å². The van der Waals surface area contributed by atoms with Crippen LogP contribution < -0.4 is 15.4 Å². The van der Waals surface area contributed by atoms with Gasteiger partial charge in [0.1, 0.15) is 11.6 Å². The highest BCUT2D eigenvalue weighted by Gasteiger charge is 2.34. The normalized spacial score (nSPS) is 13.7. The van der Waals surface area contributed by atoms with Gasteiger partial charge < -0.3 is 20.3 Å². The molecule has 4 aromatic rings. The number of anilines is 1. The van der Waals surface area contributed by atoms with Crippen molar-refractivity contribution in [1.82, 2.24) is 25.2 Å². The zero-order valence-corrected chi connectivity index (χ0v) is 22.4. The van der Waals surface area contributed by atoms with E-state index in [2.05, 4.69) is 25.6 Å². The highest BCUT2D eigenvalue weighted by Crippen LogP contribution is 2.27. The van der Waals surface area contributed by atoms with Gasteiger partial charge >= 0.3 is 0 Å². The number of aromatic nitrogens is 3. The third-order valence-corrected chi connectivity index (χ3v) is 6.82. The summed E-state index contributed by atoms with van der Waals surface area (Å²) in [5.41, 5.74) is 2.07. The Hall–Kier alpha value is -4.12. The fourth-order valence-electron chi connectivity index (χ4n) is 3.93. The number of carbonyl (C=O) groups excluding carboxylic acids is 2. The predicted molar refractivity (Wildman–Crippen MR) is 145 cm³/mol. The smallest absolute Gasteiger partial charge is 0.274 e. The molecule has 1 saturated heterocycles. The van der Waals surface area contributed by atoms with Crippen molar-refractivity contribution in [3.63, 3.8) is 0 Å². The molecule has 1 atom stereocenters. The molecule has 2 amide bonds. The summed E-state index contributed by atoms with van der Waals surface area (Å²) in [5, 5.41) is 7.94. The number of nitrogens with zero attached hydrogens (tertiary/aromatic N) is 4. The number of amides is 2. The second kappa shape index (κ2) is 12.0. The van der Waals surface area contributed by atoms with Crippen LogP contribution in [-0.2, 0) is 0 Å². The van der Waals surface area contributed by atoms with Gasteiger partial charge in [-0.1, -0.05) is 19.9 Å². The lowest BCUT2D eigenvalue weighted by atomic mass is 10.1. The van der Waals surface area contributed by atoms with Crippen LogP contribution in [0.25, 0.3) is 10.2 Å². The first kappa shape index (κ1) is 26.9. The predicted octanol–water partition coefficient (Wildman–Crippen LogP) is 4.69. The molecule has 1 unspecified atom stereocenters. The third-order valence-electron chi connectivity index (χ3n) is 5.91. The molecular formula is C27H29FN6O3S. The highest BCUT2D eigenvalue weighted by atomic mass is 32.1. The highest BCUT2D eigenvalue weighted by molar-refractivity contribution is 7.17. The molecule has 9 nitrogen and oxygen atoms in total. The Morgan fingerprint density at radius 1 is 1.16 bits per heavy atom. The number of fused-ring (bicyclic) bond motifs is 1. The van der Waals surface area contributed by atoms with Gasteiger partial charge in [-0.05, 0) is 48.2 Å². The minimum absolute atomic E-state index is 0.161. The molecule has 2 N–H and O–H groups in total. The van der Waals surface area contributed by atoms with Gasteiger partial charge in [-0.25, -0.2) is 14.4 Å². The quantitative estimate of drug-likeness (QED) is 0.353. The maximum absolute atomic E-state index is 13.6. The third kappa shape index (κ3) is 5.88. The Morgan fingerprint density at radius 2 is 1.95 bits per heavy atom. The molecule has 1 fully saturated rings. The minimum atomic E-state index is -0.433. The molecule has 1 aromatic carbocycles. The Morgan fingerprint density at radius 3 is 2.68 bits per heavy atom. The number of carbonyl (C=O) groups is 2. The number of hydrogen-bond donors (Lipinski definition) is 2. The van der Waals surface area contributed by atoms with Crippen molar-refractivity contribution in [3.05, 3.63) is 76.8 Å². The number of hydrogen-bond acceptors (Lipinski definition) is 8. The van der Waals surface area contributed by atoms with E-state index in [9.17, 15) is 14.0 Å². The molecule has 0 bridgehead atoms. The van der Waals surface area contributed by atoms with Crippen molar-refractivity contribution in [3.8, 4) is 5.75 Å². The molecule has 0 spiro atoms. The minimum Gasteiger partial charge on any atom is -0.497 e. The molecule has 0 saturated carbocycles. The van der Waals surface area contributed by atoms with Crippen molar-refractivity contribution >= 4 is 39.3 Å². The van der Waals surface area contributed by atoms with E-state index in [-0.39, 0.29) is 29.8 Å². The van der Waals surface area contributed by atoms with Crippen molar-refractivity contribution in [2.75, 3.05) is 25.5 Å². The van der Waals surface area contributed by atoms with Crippen molar-refractivity contribution in [2.24, 2.45) is 0 Å². The van der Waals surface area contributed by atoms with Gasteiger partial charge in [-0.2, -0.15) is 0 Å². The van der Waals surface area contributed by atoms with E-state index < -0.39 is 5.82 Å². The van der Waals surface area contributed by atoms with E-state index in [1.807, 2.05) is 32.2 Å². The standard InChI is InChI=1S/C25H23FN6O3S.C2H6/c1-14(16-8-17(26)11-27-10-16)28-25-30-20-6-7-36-22(20)21(31-25)24(34)32-12-18(13-32)29-23(33)15-4-3-5-19(9-15)35-2;1-2/h3-11,14,18H,12-13H2,1-2H3,(H,29,33)(H,28,30,31);1-2H3. The lowest BCUT2D eigenvalue weighted by Crippen LogP contribution is -2.61. The van der Waals surface area contributed by atoms with Gasteiger partial charge in [0.2, 0.25) is 5.95 Å². The van der Waals surface area contributed by atoms with E-state index >= 15 is 0 Å². The summed E-state index contributed by atoms with van der Waals surface area (Å²) in [6.07, 6.45) is 2.70. The molecule has 1 aliphatic heterocycles. The van der Waals surface area contributed by atoms with Crippen molar-refractivity contribution in [1.29, 1.82) is 0 Å². The number of halogens is 1. The first-order valence-electron chi connectivity index (χ1n) is 12.3. The zero-order valence-electron chi connectivity index (χ0n) is 21.6. The van der Waals surface area contributed by atoms with Crippen LogP contribution in [0.2, 0.25) is 0 Å². The maximum atomic E-state index is 13.6. The Balaban J connectivity index is 0.00000164. The second-order valence-corrected chi connectivity index (χ2v) is 9.36. The first-order valence-corrected chi connectivity index (χ1v) is 13.2. The average molecular weight is 537 g/mol. The summed E-state index contributed by atoms with van der Waals surface area (Å²) in [5.74, 6) is -0.0218.